The van der Waals surface area contributed by atoms with Crippen molar-refractivity contribution in [1.82, 2.24) is 4.37 Å². The molecule has 1 heterocycles. The van der Waals surface area contributed by atoms with Gasteiger partial charge in [0.2, 0.25) is 0 Å². The van der Waals surface area contributed by atoms with Crippen molar-refractivity contribution in [2.45, 2.75) is 0 Å². The highest BCUT2D eigenvalue weighted by atomic mass is 32.1. The Morgan fingerprint density at radius 2 is 2.36 bits per heavy atom. The number of nitrogens with zero attached hydrogens (tertiary/aromatic N) is 1. The van der Waals surface area contributed by atoms with Gasteiger partial charge < -0.3 is 16.6 Å². The number of aromatic nitrogens is 1. The second kappa shape index (κ2) is 4.43. The molecule has 5 nitrogen and oxygen atoms in total. The van der Waals surface area contributed by atoms with Crippen LogP contribution >= 0.6 is 11.5 Å². The molecule has 0 aliphatic rings. The van der Waals surface area contributed by atoms with Gasteiger partial charge in [-0.15, -0.1) is 0 Å². The van der Waals surface area contributed by atoms with E-state index in [0.29, 0.717) is 10.6 Å². The van der Waals surface area contributed by atoms with E-state index in [1.165, 1.54) is 24.5 Å². The number of allylic oxidation sites excluding steroid dienone is 2. The fraction of sp³-hybridized carbons (Fsp3) is 0. The molecule has 0 radical (unpaired) electrons. The number of carboxylic acid groups (broad SMARTS) is 1. The third-order valence-corrected chi connectivity index (χ3v) is 2.30. The summed E-state index contributed by atoms with van der Waals surface area (Å²) < 4.78 is 3.76. The average molecular weight is 211 g/mol. The lowest BCUT2D eigenvalue weighted by atomic mass is 10.2. The van der Waals surface area contributed by atoms with Crippen LogP contribution in [-0.2, 0) is 0 Å². The summed E-state index contributed by atoms with van der Waals surface area (Å²) in [7, 11) is 0. The SMILES string of the molecule is N/C=C\C=C(/N)c1sncc1C(=O)O. The first kappa shape index (κ1) is 10.3. The molecular weight excluding hydrogens is 202 g/mol. The monoisotopic (exact) mass is 211 g/mol. The van der Waals surface area contributed by atoms with Crippen molar-refractivity contribution >= 4 is 23.2 Å². The van der Waals surface area contributed by atoms with Gasteiger partial charge in [-0.3, -0.25) is 0 Å². The van der Waals surface area contributed by atoms with E-state index in [0.717, 1.165) is 11.5 Å². The number of carbonyl (C=O) groups is 1. The molecule has 0 saturated carbocycles. The lowest BCUT2D eigenvalue weighted by molar-refractivity contribution is 0.0697. The molecule has 0 bridgehead atoms. The van der Waals surface area contributed by atoms with E-state index in [1.807, 2.05) is 0 Å². The molecular formula is C8H9N3O2S. The molecule has 1 rings (SSSR count). The Bertz CT molecular complexity index is 395. The molecule has 74 valence electrons. The molecule has 0 aromatic carbocycles. The largest absolute Gasteiger partial charge is 0.478 e. The summed E-state index contributed by atoms with van der Waals surface area (Å²) in [5, 5.41) is 8.77. The van der Waals surface area contributed by atoms with Crippen molar-refractivity contribution in [3.63, 3.8) is 0 Å². The molecule has 0 amide bonds. The lowest BCUT2D eigenvalue weighted by Gasteiger charge is -1.96. The molecule has 5 N–H and O–H groups in total. The van der Waals surface area contributed by atoms with Crippen LogP contribution in [0.25, 0.3) is 5.70 Å². The normalized spacial score (nSPS) is 12.1. The topological polar surface area (TPSA) is 102 Å². The lowest BCUT2D eigenvalue weighted by Crippen LogP contribution is -2.02. The van der Waals surface area contributed by atoms with Crippen LogP contribution in [0, 0.1) is 0 Å². The number of rotatable bonds is 3. The Labute approximate surface area is 84.5 Å². The Morgan fingerprint density at radius 3 is 2.93 bits per heavy atom. The zero-order valence-corrected chi connectivity index (χ0v) is 7.99. The molecule has 0 fully saturated rings. The quantitative estimate of drug-likeness (QED) is 0.636. The predicted octanol–water partition coefficient (Wildman–Crippen LogP) is 0.613. The molecule has 6 heteroatoms. The Hall–Kier alpha value is -1.82. The van der Waals surface area contributed by atoms with E-state index in [1.54, 1.807) is 0 Å². The minimum Gasteiger partial charge on any atom is -0.478 e. The Balaban J connectivity index is 3.06. The van der Waals surface area contributed by atoms with Gasteiger partial charge in [-0.25, -0.2) is 4.79 Å². The van der Waals surface area contributed by atoms with Crippen LogP contribution in [0.4, 0.5) is 0 Å². The first-order valence-electron chi connectivity index (χ1n) is 3.69. The highest BCUT2D eigenvalue weighted by molar-refractivity contribution is 7.07. The first-order chi connectivity index (χ1) is 6.66. The van der Waals surface area contributed by atoms with Crippen molar-refractivity contribution in [2.75, 3.05) is 0 Å². The van der Waals surface area contributed by atoms with E-state index in [-0.39, 0.29) is 5.56 Å². The van der Waals surface area contributed by atoms with Gasteiger partial charge in [-0.05, 0) is 29.9 Å². The maximum absolute atomic E-state index is 10.7. The minimum atomic E-state index is -1.04. The average Bonchev–Trinajstić information content (AvgIpc) is 2.62. The number of hydrogen-bond donors (Lipinski definition) is 3. The van der Waals surface area contributed by atoms with Crippen LogP contribution < -0.4 is 11.5 Å². The number of hydrogen-bond acceptors (Lipinski definition) is 5. The second-order valence-corrected chi connectivity index (χ2v) is 3.18. The van der Waals surface area contributed by atoms with E-state index in [9.17, 15) is 4.79 Å². The zero-order valence-electron chi connectivity index (χ0n) is 7.18. The van der Waals surface area contributed by atoms with Gasteiger partial charge >= 0.3 is 5.97 Å². The van der Waals surface area contributed by atoms with Gasteiger partial charge in [0.25, 0.3) is 0 Å². The highest BCUT2D eigenvalue weighted by Crippen LogP contribution is 2.19. The minimum absolute atomic E-state index is 0.106. The zero-order chi connectivity index (χ0) is 10.6. The molecule has 0 atom stereocenters. The van der Waals surface area contributed by atoms with E-state index < -0.39 is 5.97 Å². The fourth-order valence-corrected chi connectivity index (χ4v) is 1.51. The molecule has 0 saturated heterocycles. The molecule has 1 aromatic heterocycles. The van der Waals surface area contributed by atoms with Gasteiger partial charge in [-0.2, -0.15) is 4.37 Å². The second-order valence-electron chi connectivity index (χ2n) is 2.38. The number of carboxylic acids is 1. The summed E-state index contributed by atoms with van der Waals surface area (Å²) in [6.45, 7) is 0. The predicted molar refractivity (Wildman–Crippen MR) is 54.6 cm³/mol. The van der Waals surface area contributed by atoms with Crippen LogP contribution in [0.15, 0.2) is 24.5 Å². The summed E-state index contributed by atoms with van der Waals surface area (Å²) in [6.07, 6.45) is 5.64. The molecule has 0 aliphatic heterocycles. The van der Waals surface area contributed by atoms with E-state index >= 15 is 0 Å². The van der Waals surface area contributed by atoms with Crippen molar-refractivity contribution < 1.29 is 9.90 Å². The highest BCUT2D eigenvalue weighted by Gasteiger charge is 2.13. The Kier molecular flexibility index (Phi) is 3.24. The molecule has 14 heavy (non-hydrogen) atoms. The van der Waals surface area contributed by atoms with Gasteiger partial charge in [0.15, 0.2) is 0 Å². The van der Waals surface area contributed by atoms with Crippen molar-refractivity contribution in [1.29, 1.82) is 0 Å². The van der Waals surface area contributed by atoms with Gasteiger partial charge in [0.1, 0.15) is 0 Å². The third kappa shape index (κ3) is 2.11. The first-order valence-corrected chi connectivity index (χ1v) is 4.46. The molecule has 0 unspecified atom stereocenters. The van der Waals surface area contributed by atoms with Gasteiger partial charge in [0, 0.05) is 0 Å². The smallest absolute Gasteiger partial charge is 0.338 e. The van der Waals surface area contributed by atoms with Gasteiger partial charge in [-0.1, -0.05) is 0 Å². The summed E-state index contributed by atoms with van der Waals surface area (Å²) in [5.74, 6) is -1.04. The summed E-state index contributed by atoms with van der Waals surface area (Å²) in [5.41, 5.74) is 11.2. The number of nitrogens with two attached hydrogens (primary N) is 2. The van der Waals surface area contributed by atoms with E-state index in [2.05, 4.69) is 4.37 Å². The van der Waals surface area contributed by atoms with Crippen LogP contribution in [-0.4, -0.2) is 15.4 Å². The van der Waals surface area contributed by atoms with Crippen molar-refractivity contribution in [2.24, 2.45) is 11.5 Å². The van der Waals surface area contributed by atoms with Crippen molar-refractivity contribution in [3.05, 3.63) is 35.0 Å². The maximum atomic E-state index is 10.7. The molecule has 0 spiro atoms. The van der Waals surface area contributed by atoms with Crippen LogP contribution in [0.1, 0.15) is 15.2 Å². The standard InChI is InChI=1S/C8H9N3O2S/c9-3-1-2-6(10)7-5(8(12)13)4-11-14-7/h1-4H,9-10H2,(H,12,13)/b3-1-,6-2-. The molecule has 1 aromatic rings. The van der Waals surface area contributed by atoms with Crippen LogP contribution in [0.2, 0.25) is 0 Å². The third-order valence-electron chi connectivity index (χ3n) is 1.45. The van der Waals surface area contributed by atoms with Crippen LogP contribution in [0.5, 0.6) is 0 Å². The summed E-state index contributed by atoms with van der Waals surface area (Å²) in [6, 6.07) is 0. The van der Waals surface area contributed by atoms with Crippen LogP contribution in [0.3, 0.4) is 0 Å². The van der Waals surface area contributed by atoms with Crippen molar-refractivity contribution in [3.8, 4) is 0 Å². The summed E-state index contributed by atoms with van der Waals surface area (Å²) in [4.78, 5) is 11.1. The van der Waals surface area contributed by atoms with Gasteiger partial charge in [0.05, 0.1) is 22.3 Å². The fourth-order valence-electron chi connectivity index (χ4n) is 0.835. The van der Waals surface area contributed by atoms with E-state index in [4.69, 9.17) is 16.6 Å². The summed E-state index contributed by atoms with van der Waals surface area (Å²) >= 11 is 1.04. The Morgan fingerprint density at radius 1 is 1.64 bits per heavy atom. The molecule has 0 aliphatic carbocycles. The number of aromatic carboxylic acids is 1. The maximum Gasteiger partial charge on any atom is 0.338 e.